The molecule has 0 aliphatic carbocycles. The van der Waals surface area contributed by atoms with Gasteiger partial charge in [-0.15, -0.1) is 0 Å². The minimum atomic E-state index is -4.66. The Balaban J connectivity index is 1.63. The van der Waals surface area contributed by atoms with Crippen LogP contribution in [0, 0.1) is 0 Å². The van der Waals surface area contributed by atoms with Gasteiger partial charge in [-0.2, -0.15) is 17.9 Å². The predicted molar refractivity (Wildman–Crippen MR) is 106 cm³/mol. The van der Waals surface area contributed by atoms with E-state index in [0.717, 1.165) is 23.9 Å². The molecule has 0 radical (unpaired) electrons. The van der Waals surface area contributed by atoms with E-state index in [9.17, 15) is 26.4 Å². The van der Waals surface area contributed by atoms with Gasteiger partial charge in [0.15, 0.2) is 0 Å². The van der Waals surface area contributed by atoms with Crippen LogP contribution in [0.5, 0.6) is 0 Å². The summed E-state index contributed by atoms with van der Waals surface area (Å²) in [4.78, 5) is 15.8. The maximum atomic E-state index is 12.9. The number of nitrogens with one attached hydrogen (secondary N) is 1. The molecule has 162 valence electrons. The number of halogens is 3. The van der Waals surface area contributed by atoms with Gasteiger partial charge in [0.2, 0.25) is 15.9 Å². The van der Waals surface area contributed by atoms with Crippen LogP contribution in [0.2, 0.25) is 0 Å². The van der Waals surface area contributed by atoms with Crippen LogP contribution in [0.25, 0.3) is 0 Å². The zero-order valence-corrected chi connectivity index (χ0v) is 17.1. The molecule has 3 rings (SSSR count). The van der Waals surface area contributed by atoms with E-state index in [4.69, 9.17) is 0 Å². The Labute approximate surface area is 173 Å². The molecule has 0 saturated carbocycles. The Bertz CT molecular complexity index is 989. The zero-order valence-electron chi connectivity index (χ0n) is 16.3. The molecule has 0 bridgehead atoms. The van der Waals surface area contributed by atoms with E-state index >= 15 is 0 Å². The van der Waals surface area contributed by atoms with Crippen molar-refractivity contribution in [3.8, 4) is 0 Å². The van der Waals surface area contributed by atoms with Crippen LogP contribution < -0.4 is 9.62 Å². The smallest absolute Gasteiger partial charge is 0.368 e. The maximum Gasteiger partial charge on any atom is 0.416 e. The first-order valence-electron chi connectivity index (χ1n) is 9.36. The summed E-state index contributed by atoms with van der Waals surface area (Å²) in [6.45, 7) is 3.43. The van der Waals surface area contributed by atoms with Crippen LogP contribution in [0.1, 0.15) is 12.5 Å². The number of hydrogen-bond donors (Lipinski definition) is 1. The van der Waals surface area contributed by atoms with Gasteiger partial charge in [-0.05, 0) is 37.3 Å². The van der Waals surface area contributed by atoms with Crippen LogP contribution >= 0.6 is 0 Å². The van der Waals surface area contributed by atoms with Gasteiger partial charge in [-0.1, -0.05) is 24.3 Å². The molecule has 1 amide bonds. The van der Waals surface area contributed by atoms with Crippen molar-refractivity contribution in [2.24, 2.45) is 0 Å². The van der Waals surface area contributed by atoms with Crippen LogP contribution in [-0.2, 0) is 21.0 Å². The Morgan fingerprint density at radius 2 is 1.63 bits per heavy atom. The molecular weight excluding hydrogens is 419 g/mol. The molecule has 1 heterocycles. The summed E-state index contributed by atoms with van der Waals surface area (Å²) in [6, 6.07) is 12.1. The molecule has 10 heteroatoms. The van der Waals surface area contributed by atoms with Crippen molar-refractivity contribution >= 4 is 21.6 Å². The van der Waals surface area contributed by atoms with E-state index < -0.39 is 38.6 Å². The van der Waals surface area contributed by atoms with Gasteiger partial charge in [0.25, 0.3) is 0 Å². The Hall–Kier alpha value is -2.59. The molecule has 2 aromatic carbocycles. The number of carbonyl (C=O) groups excluding carboxylic acids is 1. The standard InChI is InChI=1S/C20H22F3N3O3S/c1-15(24-30(28,29)18-9-5-6-16(14-18)20(21,22)23)19(27)26-12-10-25(11-13-26)17-7-3-2-4-8-17/h2-9,14-15,24H,10-13H2,1H3. The zero-order chi connectivity index (χ0) is 21.9. The van der Waals surface area contributed by atoms with Gasteiger partial charge in [0, 0.05) is 31.9 Å². The summed E-state index contributed by atoms with van der Waals surface area (Å²) in [6.07, 6.45) is -4.66. The summed E-state index contributed by atoms with van der Waals surface area (Å²) >= 11 is 0. The highest BCUT2D eigenvalue weighted by Gasteiger charge is 2.33. The average molecular weight is 441 g/mol. The van der Waals surface area contributed by atoms with E-state index in [1.165, 1.54) is 6.92 Å². The Morgan fingerprint density at radius 1 is 1.00 bits per heavy atom. The third-order valence-electron chi connectivity index (χ3n) is 4.89. The molecule has 1 N–H and O–H groups in total. The van der Waals surface area contributed by atoms with Gasteiger partial charge in [-0.3, -0.25) is 4.79 Å². The number of benzene rings is 2. The summed E-state index contributed by atoms with van der Waals surface area (Å²) in [5, 5.41) is 0. The molecule has 1 aliphatic rings. The van der Waals surface area contributed by atoms with Gasteiger partial charge in [0.05, 0.1) is 16.5 Å². The lowest BCUT2D eigenvalue weighted by molar-refractivity contribution is -0.137. The van der Waals surface area contributed by atoms with Gasteiger partial charge >= 0.3 is 6.18 Å². The number of para-hydroxylation sites is 1. The first kappa shape index (κ1) is 22.1. The number of alkyl halides is 3. The molecular formula is C20H22F3N3O3S. The highest BCUT2D eigenvalue weighted by molar-refractivity contribution is 7.89. The van der Waals surface area contributed by atoms with Crippen molar-refractivity contribution in [2.75, 3.05) is 31.1 Å². The second-order valence-electron chi connectivity index (χ2n) is 7.02. The van der Waals surface area contributed by atoms with E-state index in [-0.39, 0.29) is 0 Å². The minimum Gasteiger partial charge on any atom is -0.368 e. The molecule has 30 heavy (non-hydrogen) atoms. The van der Waals surface area contributed by atoms with Gasteiger partial charge in [-0.25, -0.2) is 8.42 Å². The quantitative estimate of drug-likeness (QED) is 0.775. The average Bonchev–Trinajstić information content (AvgIpc) is 2.73. The summed E-state index contributed by atoms with van der Waals surface area (Å²) in [7, 11) is -4.29. The van der Waals surface area contributed by atoms with Crippen LogP contribution in [0.3, 0.4) is 0 Å². The van der Waals surface area contributed by atoms with Crippen molar-refractivity contribution in [2.45, 2.75) is 24.0 Å². The first-order chi connectivity index (χ1) is 14.1. The van der Waals surface area contributed by atoms with Crippen LogP contribution in [-0.4, -0.2) is 51.4 Å². The summed E-state index contributed by atoms with van der Waals surface area (Å²) < 4.78 is 65.8. The van der Waals surface area contributed by atoms with E-state index in [1.54, 1.807) is 4.90 Å². The lowest BCUT2D eigenvalue weighted by atomic mass is 10.2. The van der Waals surface area contributed by atoms with Gasteiger partial charge in [0.1, 0.15) is 0 Å². The SMILES string of the molecule is CC(NS(=O)(=O)c1cccc(C(F)(F)F)c1)C(=O)N1CCN(c2ccccc2)CC1. The maximum absolute atomic E-state index is 12.9. The molecule has 2 aromatic rings. The fourth-order valence-corrected chi connectivity index (χ4v) is 4.53. The summed E-state index contributed by atoms with van der Waals surface area (Å²) in [5.74, 6) is -0.418. The molecule has 1 unspecified atom stereocenters. The number of rotatable bonds is 5. The molecule has 1 aliphatic heterocycles. The Kier molecular flexibility index (Phi) is 6.37. The number of carbonyl (C=O) groups is 1. The van der Waals surface area contributed by atoms with Crippen molar-refractivity contribution in [3.63, 3.8) is 0 Å². The van der Waals surface area contributed by atoms with E-state index in [1.807, 2.05) is 30.3 Å². The third kappa shape index (κ3) is 5.11. The first-order valence-corrected chi connectivity index (χ1v) is 10.8. The summed E-state index contributed by atoms with van der Waals surface area (Å²) in [5.41, 5.74) is -0.0238. The molecule has 6 nitrogen and oxygen atoms in total. The monoisotopic (exact) mass is 441 g/mol. The normalized spacial score (nSPS) is 16.4. The lowest BCUT2D eigenvalue weighted by Crippen LogP contribution is -2.54. The molecule has 0 spiro atoms. The topological polar surface area (TPSA) is 69.7 Å². The van der Waals surface area contributed by atoms with E-state index in [2.05, 4.69) is 9.62 Å². The lowest BCUT2D eigenvalue weighted by Gasteiger charge is -2.37. The molecule has 1 saturated heterocycles. The van der Waals surface area contributed by atoms with Crippen LogP contribution in [0.4, 0.5) is 18.9 Å². The van der Waals surface area contributed by atoms with Crippen molar-refractivity contribution in [1.82, 2.24) is 9.62 Å². The highest BCUT2D eigenvalue weighted by Crippen LogP contribution is 2.30. The number of sulfonamides is 1. The number of anilines is 1. The Morgan fingerprint density at radius 3 is 2.23 bits per heavy atom. The fraction of sp³-hybridized carbons (Fsp3) is 0.350. The minimum absolute atomic E-state index is 0.418. The highest BCUT2D eigenvalue weighted by atomic mass is 32.2. The van der Waals surface area contributed by atoms with Gasteiger partial charge < -0.3 is 9.80 Å². The predicted octanol–water partition coefficient (Wildman–Crippen LogP) is 2.72. The fourth-order valence-electron chi connectivity index (χ4n) is 3.29. The molecule has 1 fully saturated rings. The number of piperazine rings is 1. The number of amides is 1. The largest absolute Gasteiger partial charge is 0.416 e. The second-order valence-corrected chi connectivity index (χ2v) is 8.73. The third-order valence-corrected chi connectivity index (χ3v) is 6.43. The van der Waals surface area contributed by atoms with Crippen molar-refractivity contribution < 1.29 is 26.4 Å². The van der Waals surface area contributed by atoms with Crippen molar-refractivity contribution in [1.29, 1.82) is 0 Å². The number of hydrogen-bond acceptors (Lipinski definition) is 4. The molecule has 1 atom stereocenters. The van der Waals surface area contributed by atoms with Crippen LogP contribution in [0.15, 0.2) is 59.5 Å². The van der Waals surface area contributed by atoms with Crippen molar-refractivity contribution in [3.05, 3.63) is 60.2 Å². The number of nitrogens with zero attached hydrogens (tertiary/aromatic N) is 2. The second kappa shape index (κ2) is 8.65. The van der Waals surface area contributed by atoms with E-state index in [0.29, 0.717) is 32.2 Å². The molecule has 0 aromatic heterocycles.